The maximum atomic E-state index is 10.6. The molecule has 1 aliphatic heterocycles. The molecular weight excluding hydrogens is 216 g/mol. The predicted molar refractivity (Wildman–Crippen MR) is 66.6 cm³/mol. The largest absolute Gasteiger partial charge is 0.389 e. The van der Waals surface area contributed by atoms with Crippen LogP contribution >= 0.6 is 0 Å². The molecule has 17 heavy (non-hydrogen) atoms. The highest BCUT2D eigenvalue weighted by Gasteiger charge is 2.39. The number of anilines is 1. The Morgan fingerprint density at radius 1 is 1.53 bits per heavy atom. The van der Waals surface area contributed by atoms with E-state index in [1.165, 1.54) is 0 Å². The molecule has 1 saturated heterocycles. The van der Waals surface area contributed by atoms with Crippen LogP contribution in [-0.4, -0.2) is 27.9 Å². The fourth-order valence-corrected chi connectivity index (χ4v) is 2.58. The van der Waals surface area contributed by atoms with Crippen molar-refractivity contribution in [1.29, 1.82) is 0 Å². The monoisotopic (exact) mass is 236 g/mol. The Morgan fingerprint density at radius 3 is 2.94 bits per heavy atom. The SMILES string of the molecule is CC1(C)CC(O)(Cc2ccnc(N)c2)CCO1. The molecule has 1 aliphatic rings. The molecule has 0 bridgehead atoms. The van der Waals surface area contributed by atoms with Crippen LogP contribution in [0.15, 0.2) is 18.3 Å². The zero-order chi connectivity index (χ0) is 12.5. The molecule has 3 N–H and O–H groups in total. The van der Waals surface area contributed by atoms with Gasteiger partial charge in [0.25, 0.3) is 0 Å². The summed E-state index contributed by atoms with van der Waals surface area (Å²) in [6.45, 7) is 4.63. The molecule has 0 spiro atoms. The van der Waals surface area contributed by atoms with Gasteiger partial charge in [-0.3, -0.25) is 0 Å². The van der Waals surface area contributed by atoms with Gasteiger partial charge in [-0.2, -0.15) is 0 Å². The zero-order valence-electron chi connectivity index (χ0n) is 10.4. The minimum atomic E-state index is -0.699. The van der Waals surface area contributed by atoms with E-state index < -0.39 is 5.60 Å². The maximum Gasteiger partial charge on any atom is 0.123 e. The van der Waals surface area contributed by atoms with Crippen molar-refractivity contribution in [2.75, 3.05) is 12.3 Å². The second-order valence-corrected chi connectivity index (χ2v) is 5.53. The molecule has 0 aliphatic carbocycles. The Labute approximate surface area is 102 Å². The lowest BCUT2D eigenvalue weighted by Gasteiger charge is -2.41. The van der Waals surface area contributed by atoms with E-state index >= 15 is 0 Å². The molecule has 1 aromatic heterocycles. The van der Waals surface area contributed by atoms with E-state index in [1.807, 2.05) is 26.0 Å². The van der Waals surface area contributed by atoms with Gasteiger partial charge in [0.05, 0.1) is 17.8 Å². The zero-order valence-corrected chi connectivity index (χ0v) is 10.4. The van der Waals surface area contributed by atoms with Crippen LogP contribution in [0.25, 0.3) is 0 Å². The Balaban J connectivity index is 2.12. The number of nitrogens with zero attached hydrogens (tertiary/aromatic N) is 1. The van der Waals surface area contributed by atoms with E-state index in [2.05, 4.69) is 4.98 Å². The van der Waals surface area contributed by atoms with Gasteiger partial charge in [-0.1, -0.05) is 0 Å². The fourth-order valence-electron chi connectivity index (χ4n) is 2.58. The van der Waals surface area contributed by atoms with Crippen molar-refractivity contribution in [3.05, 3.63) is 23.9 Å². The second-order valence-electron chi connectivity index (χ2n) is 5.53. The van der Waals surface area contributed by atoms with Crippen molar-refractivity contribution in [2.24, 2.45) is 0 Å². The standard InChI is InChI=1S/C13H20N2O2/c1-12(2)9-13(16,4-6-17-12)8-10-3-5-15-11(14)7-10/h3,5,7,16H,4,6,8-9H2,1-2H3,(H2,14,15). The average Bonchev–Trinajstić information content (AvgIpc) is 2.14. The van der Waals surface area contributed by atoms with Gasteiger partial charge in [-0.15, -0.1) is 0 Å². The van der Waals surface area contributed by atoms with Crippen molar-refractivity contribution in [3.63, 3.8) is 0 Å². The summed E-state index contributed by atoms with van der Waals surface area (Å²) in [6.07, 6.45) is 3.59. The van der Waals surface area contributed by atoms with Gasteiger partial charge in [0.15, 0.2) is 0 Å². The number of nitrogens with two attached hydrogens (primary N) is 1. The lowest BCUT2D eigenvalue weighted by Crippen LogP contribution is -2.47. The number of pyridine rings is 1. The number of nitrogen functional groups attached to an aromatic ring is 1. The van der Waals surface area contributed by atoms with Crippen molar-refractivity contribution in [1.82, 2.24) is 4.98 Å². The van der Waals surface area contributed by atoms with Crippen molar-refractivity contribution >= 4 is 5.82 Å². The van der Waals surface area contributed by atoms with Gasteiger partial charge in [-0.25, -0.2) is 4.98 Å². The fraction of sp³-hybridized carbons (Fsp3) is 0.615. The molecule has 4 nitrogen and oxygen atoms in total. The maximum absolute atomic E-state index is 10.6. The van der Waals surface area contributed by atoms with Crippen LogP contribution in [0, 0.1) is 0 Å². The minimum absolute atomic E-state index is 0.258. The van der Waals surface area contributed by atoms with Crippen LogP contribution in [0.2, 0.25) is 0 Å². The first kappa shape index (κ1) is 12.3. The van der Waals surface area contributed by atoms with E-state index in [-0.39, 0.29) is 5.60 Å². The summed E-state index contributed by atoms with van der Waals surface area (Å²) in [7, 11) is 0. The lowest BCUT2D eigenvalue weighted by atomic mass is 9.80. The molecule has 2 heterocycles. The lowest BCUT2D eigenvalue weighted by molar-refractivity contribution is -0.143. The second kappa shape index (κ2) is 4.27. The first-order chi connectivity index (χ1) is 7.89. The molecule has 0 saturated carbocycles. The molecule has 1 fully saturated rings. The first-order valence-electron chi connectivity index (χ1n) is 5.95. The Kier molecular flexibility index (Phi) is 3.10. The third kappa shape index (κ3) is 3.17. The molecule has 4 heteroatoms. The minimum Gasteiger partial charge on any atom is -0.389 e. The Hall–Kier alpha value is -1.13. The number of aromatic nitrogens is 1. The van der Waals surface area contributed by atoms with E-state index in [9.17, 15) is 5.11 Å². The summed E-state index contributed by atoms with van der Waals surface area (Å²) in [5.74, 6) is 0.498. The molecule has 0 radical (unpaired) electrons. The molecular formula is C13H20N2O2. The number of hydrogen-bond acceptors (Lipinski definition) is 4. The van der Waals surface area contributed by atoms with Crippen molar-refractivity contribution in [3.8, 4) is 0 Å². The van der Waals surface area contributed by atoms with Gasteiger partial charge in [-0.05, 0) is 38.0 Å². The smallest absolute Gasteiger partial charge is 0.123 e. The molecule has 1 atom stereocenters. The summed E-state index contributed by atoms with van der Waals surface area (Å²) >= 11 is 0. The normalized spacial score (nSPS) is 27.9. The first-order valence-corrected chi connectivity index (χ1v) is 5.95. The van der Waals surface area contributed by atoms with Gasteiger partial charge in [0, 0.05) is 19.0 Å². The van der Waals surface area contributed by atoms with Crippen LogP contribution in [-0.2, 0) is 11.2 Å². The predicted octanol–water partition coefficient (Wildman–Crippen LogP) is 1.53. The van der Waals surface area contributed by atoms with Gasteiger partial charge >= 0.3 is 0 Å². The average molecular weight is 236 g/mol. The van der Waals surface area contributed by atoms with Crippen LogP contribution in [0.4, 0.5) is 5.82 Å². The van der Waals surface area contributed by atoms with Gasteiger partial charge < -0.3 is 15.6 Å². The molecule has 0 amide bonds. The number of ether oxygens (including phenoxy) is 1. The van der Waals surface area contributed by atoms with Crippen LogP contribution in [0.1, 0.15) is 32.3 Å². The van der Waals surface area contributed by atoms with Gasteiger partial charge in [0.2, 0.25) is 0 Å². The van der Waals surface area contributed by atoms with Crippen molar-refractivity contribution in [2.45, 2.75) is 44.3 Å². The van der Waals surface area contributed by atoms with E-state index in [1.54, 1.807) is 6.20 Å². The molecule has 1 unspecified atom stereocenters. The van der Waals surface area contributed by atoms with E-state index in [0.717, 1.165) is 5.56 Å². The number of aliphatic hydroxyl groups is 1. The number of hydrogen-bond donors (Lipinski definition) is 2. The third-order valence-electron chi connectivity index (χ3n) is 3.19. The highest BCUT2D eigenvalue weighted by Crippen LogP contribution is 2.34. The molecule has 1 aromatic rings. The van der Waals surface area contributed by atoms with Crippen LogP contribution in [0.3, 0.4) is 0 Å². The summed E-state index contributed by atoms with van der Waals surface area (Å²) in [5, 5.41) is 10.6. The van der Waals surface area contributed by atoms with Crippen LogP contribution in [0.5, 0.6) is 0 Å². The van der Waals surface area contributed by atoms with E-state index in [4.69, 9.17) is 10.5 Å². The quantitative estimate of drug-likeness (QED) is 0.817. The highest BCUT2D eigenvalue weighted by molar-refractivity contribution is 5.32. The number of rotatable bonds is 2. The Morgan fingerprint density at radius 2 is 2.29 bits per heavy atom. The molecule has 2 rings (SSSR count). The summed E-state index contributed by atoms with van der Waals surface area (Å²) < 4.78 is 5.63. The van der Waals surface area contributed by atoms with Crippen LogP contribution < -0.4 is 5.73 Å². The van der Waals surface area contributed by atoms with Crippen molar-refractivity contribution < 1.29 is 9.84 Å². The van der Waals surface area contributed by atoms with E-state index in [0.29, 0.717) is 31.7 Å². The topological polar surface area (TPSA) is 68.4 Å². The highest BCUT2D eigenvalue weighted by atomic mass is 16.5. The summed E-state index contributed by atoms with van der Waals surface area (Å²) in [4.78, 5) is 3.96. The molecule has 94 valence electrons. The summed E-state index contributed by atoms with van der Waals surface area (Å²) in [5.41, 5.74) is 5.71. The molecule has 0 aromatic carbocycles. The van der Waals surface area contributed by atoms with Gasteiger partial charge in [0.1, 0.15) is 5.82 Å². The Bertz CT molecular complexity index is 406. The summed E-state index contributed by atoms with van der Waals surface area (Å²) in [6, 6.07) is 3.72. The third-order valence-corrected chi connectivity index (χ3v) is 3.19.